The molecule has 1 aliphatic rings. The van der Waals surface area contributed by atoms with Gasteiger partial charge >= 0.3 is 6.18 Å². The molecule has 9 heteroatoms. The fourth-order valence-corrected chi connectivity index (χ4v) is 3.42. The Balaban J connectivity index is 1.89. The largest absolute Gasteiger partial charge is 0.493 e. The normalized spacial score (nSPS) is 16.3. The smallest absolute Gasteiger partial charge is 0.422 e. The summed E-state index contributed by atoms with van der Waals surface area (Å²) in [7, 11) is 3.11. The lowest BCUT2D eigenvalue weighted by Gasteiger charge is -2.41. The molecule has 1 aromatic carbocycles. The lowest BCUT2D eigenvalue weighted by molar-refractivity contribution is -0.153. The average Bonchev–Trinajstić information content (AvgIpc) is 2.72. The van der Waals surface area contributed by atoms with Gasteiger partial charge in [0.05, 0.1) is 7.11 Å². The molecule has 0 aliphatic carbocycles. The minimum absolute atomic E-state index is 0.0126. The van der Waals surface area contributed by atoms with E-state index >= 15 is 0 Å². The number of rotatable bonds is 8. The van der Waals surface area contributed by atoms with Crippen molar-refractivity contribution in [1.29, 1.82) is 0 Å². The molecule has 0 spiro atoms. The van der Waals surface area contributed by atoms with Gasteiger partial charge in [-0.3, -0.25) is 9.89 Å². The van der Waals surface area contributed by atoms with Gasteiger partial charge in [-0.15, -0.1) is 0 Å². The molecule has 0 bridgehead atoms. The van der Waals surface area contributed by atoms with Crippen LogP contribution in [0, 0.1) is 0 Å². The highest BCUT2D eigenvalue weighted by Gasteiger charge is 2.29. The molecular formula is C21H33F3N4O2. The van der Waals surface area contributed by atoms with E-state index in [2.05, 4.69) is 34.4 Å². The molecule has 0 unspecified atom stereocenters. The molecule has 2 rings (SSSR count). The number of ether oxygens (including phenoxy) is 2. The van der Waals surface area contributed by atoms with Gasteiger partial charge in [-0.1, -0.05) is 12.5 Å². The first-order valence-corrected chi connectivity index (χ1v) is 10.2. The molecule has 170 valence electrons. The molecule has 1 aromatic rings. The van der Waals surface area contributed by atoms with Crippen LogP contribution in [-0.4, -0.2) is 63.0 Å². The summed E-state index contributed by atoms with van der Waals surface area (Å²) in [5.74, 6) is 0.980. The van der Waals surface area contributed by atoms with E-state index in [-0.39, 0.29) is 17.0 Å². The number of alkyl halides is 3. The lowest BCUT2D eigenvalue weighted by atomic mass is 9.98. The number of nitrogens with zero attached hydrogens (tertiary/aromatic N) is 2. The summed E-state index contributed by atoms with van der Waals surface area (Å²) >= 11 is 0. The second-order valence-corrected chi connectivity index (χ2v) is 8.03. The van der Waals surface area contributed by atoms with Crippen LogP contribution >= 0.6 is 0 Å². The van der Waals surface area contributed by atoms with E-state index < -0.39 is 12.8 Å². The van der Waals surface area contributed by atoms with Crippen LogP contribution in [0.25, 0.3) is 0 Å². The van der Waals surface area contributed by atoms with E-state index in [1.165, 1.54) is 32.4 Å². The first-order valence-electron chi connectivity index (χ1n) is 10.2. The molecule has 6 nitrogen and oxygen atoms in total. The van der Waals surface area contributed by atoms with Gasteiger partial charge in [-0.2, -0.15) is 13.2 Å². The van der Waals surface area contributed by atoms with Crippen LogP contribution in [0.1, 0.15) is 38.7 Å². The SMILES string of the molecule is CN=C(NCc1ccc(OCC(F)(F)F)c(OC)c1)NCC(C)(C)N1CCCCC1. The third-order valence-corrected chi connectivity index (χ3v) is 5.20. The van der Waals surface area contributed by atoms with E-state index in [4.69, 9.17) is 9.47 Å². The van der Waals surface area contributed by atoms with Gasteiger partial charge < -0.3 is 20.1 Å². The summed E-state index contributed by atoms with van der Waals surface area (Å²) in [6, 6.07) is 4.84. The van der Waals surface area contributed by atoms with E-state index in [1.807, 2.05) is 0 Å². The van der Waals surface area contributed by atoms with Crippen LogP contribution in [0.4, 0.5) is 13.2 Å². The number of hydrogen-bond donors (Lipinski definition) is 2. The number of hydrogen-bond acceptors (Lipinski definition) is 4. The van der Waals surface area contributed by atoms with E-state index in [0.717, 1.165) is 25.2 Å². The number of aliphatic imine (C=N–C) groups is 1. The van der Waals surface area contributed by atoms with Crippen LogP contribution in [0.5, 0.6) is 11.5 Å². The number of methoxy groups -OCH3 is 1. The van der Waals surface area contributed by atoms with Crippen LogP contribution in [-0.2, 0) is 6.54 Å². The molecule has 30 heavy (non-hydrogen) atoms. The number of guanidine groups is 1. The van der Waals surface area contributed by atoms with Crippen LogP contribution < -0.4 is 20.1 Å². The predicted molar refractivity (Wildman–Crippen MR) is 112 cm³/mol. The van der Waals surface area contributed by atoms with Crippen molar-refractivity contribution in [3.8, 4) is 11.5 Å². The quantitative estimate of drug-likeness (QED) is 0.488. The molecule has 1 aliphatic heterocycles. The Hall–Kier alpha value is -2.16. The topological polar surface area (TPSA) is 58.1 Å². The molecule has 0 radical (unpaired) electrons. The highest BCUT2D eigenvalue weighted by molar-refractivity contribution is 5.79. The molecule has 0 atom stereocenters. The standard InChI is InChI=1S/C21H33F3N4O2/c1-20(2,28-10-6-5-7-11-28)14-27-19(25-3)26-13-16-8-9-17(18(12-16)29-4)30-15-21(22,23)24/h8-9,12H,5-7,10-11,13-15H2,1-4H3,(H2,25,26,27). The molecule has 2 N–H and O–H groups in total. The molecule has 0 amide bonds. The van der Waals surface area contributed by atoms with E-state index in [9.17, 15) is 13.2 Å². The van der Waals surface area contributed by atoms with Gasteiger partial charge in [0.25, 0.3) is 0 Å². The molecule has 1 fully saturated rings. The van der Waals surface area contributed by atoms with Crippen molar-refractivity contribution in [2.45, 2.75) is 51.4 Å². The Morgan fingerprint density at radius 3 is 2.40 bits per heavy atom. The van der Waals surface area contributed by atoms with Crippen LogP contribution in [0.3, 0.4) is 0 Å². The van der Waals surface area contributed by atoms with Crippen molar-refractivity contribution in [1.82, 2.24) is 15.5 Å². The van der Waals surface area contributed by atoms with Gasteiger partial charge in [0.1, 0.15) is 0 Å². The summed E-state index contributed by atoms with van der Waals surface area (Å²) in [4.78, 5) is 6.76. The first-order chi connectivity index (χ1) is 14.1. The van der Waals surface area contributed by atoms with Crippen molar-refractivity contribution < 1.29 is 22.6 Å². The van der Waals surface area contributed by atoms with Gasteiger partial charge in [-0.25, -0.2) is 0 Å². The monoisotopic (exact) mass is 430 g/mol. The Bertz CT molecular complexity index is 702. The van der Waals surface area contributed by atoms with Crippen molar-refractivity contribution >= 4 is 5.96 Å². The fourth-order valence-electron chi connectivity index (χ4n) is 3.42. The van der Waals surface area contributed by atoms with Crippen LogP contribution in [0.15, 0.2) is 23.2 Å². The first kappa shape index (κ1) is 24.1. The maximum Gasteiger partial charge on any atom is 0.422 e. The zero-order valence-electron chi connectivity index (χ0n) is 18.2. The molecular weight excluding hydrogens is 397 g/mol. The summed E-state index contributed by atoms with van der Waals surface area (Å²) in [6.07, 6.45) is -0.625. The van der Waals surface area contributed by atoms with Gasteiger partial charge in [0.2, 0.25) is 0 Å². The Labute approximate surface area is 176 Å². The zero-order chi connectivity index (χ0) is 22.2. The van der Waals surface area contributed by atoms with Crippen molar-refractivity contribution in [2.75, 3.05) is 40.4 Å². The molecule has 1 heterocycles. The fraction of sp³-hybridized carbons (Fsp3) is 0.667. The Morgan fingerprint density at radius 1 is 1.10 bits per heavy atom. The van der Waals surface area contributed by atoms with Crippen molar-refractivity contribution in [3.05, 3.63) is 23.8 Å². The van der Waals surface area contributed by atoms with Crippen LogP contribution in [0.2, 0.25) is 0 Å². The predicted octanol–water partition coefficient (Wildman–Crippen LogP) is 3.57. The summed E-state index contributed by atoms with van der Waals surface area (Å²) in [6.45, 7) is 6.52. The molecule has 0 aromatic heterocycles. The number of benzene rings is 1. The Morgan fingerprint density at radius 2 is 1.80 bits per heavy atom. The summed E-state index contributed by atoms with van der Waals surface area (Å²) < 4.78 is 47.1. The maximum atomic E-state index is 12.4. The molecule has 0 saturated carbocycles. The number of piperidine rings is 1. The Kier molecular flexibility index (Phi) is 8.64. The minimum Gasteiger partial charge on any atom is -0.493 e. The summed E-state index contributed by atoms with van der Waals surface area (Å²) in [5.41, 5.74) is 0.850. The second kappa shape index (κ2) is 10.7. The molecule has 1 saturated heterocycles. The van der Waals surface area contributed by atoms with E-state index in [1.54, 1.807) is 19.2 Å². The van der Waals surface area contributed by atoms with Gasteiger partial charge in [0.15, 0.2) is 24.1 Å². The van der Waals surface area contributed by atoms with Crippen molar-refractivity contribution in [2.24, 2.45) is 4.99 Å². The highest BCUT2D eigenvalue weighted by Crippen LogP contribution is 2.29. The second-order valence-electron chi connectivity index (χ2n) is 8.03. The third-order valence-electron chi connectivity index (χ3n) is 5.20. The number of halogens is 3. The van der Waals surface area contributed by atoms with E-state index in [0.29, 0.717) is 12.5 Å². The maximum absolute atomic E-state index is 12.4. The average molecular weight is 431 g/mol. The van der Waals surface area contributed by atoms with Gasteiger partial charge in [0, 0.05) is 25.7 Å². The lowest BCUT2D eigenvalue weighted by Crippen LogP contribution is -2.54. The number of nitrogens with one attached hydrogen (secondary N) is 2. The van der Waals surface area contributed by atoms with Gasteiger partial charge in [-0.05, 0) is 57.5 Å². The zero-order valence-corrected chi connectivity index (χ0v) is 18.2. The number of likely N-dealkylation sites (tertiary alicyclic amines) is 1. The minimum atomic E-state index is -4.40. The summed E-state index contributed by atoms with van der Waals surface area (Å²) in [5, 5.41) is 6.60. The highest BCUT2D eigenvalue weighted by atomic mass is 19.4. The van der Waals surface area contributed by atoms with Crippen molar-refractivity contribution in [3.63, 3.8) is 0 Å². The third kappa shape index (κ3) is 7.59.